The highest BCUT2D eigenvalue weighted by Gasteiger charge is 2.33. The van der Waals surface area contributed by atoms with Crippen molar-refractivity contribution in [2.75, 3.05) is 6.54 Å². The summed E-state index contributed by atoms with van der Waals surface area (Å²) >= 11 is 0. The van der Waals surface area contributed by atoms with Gasteiger partial charge in [-0.2, -0.15) is 9.40 Å². The number of fused-ring (bicyclic) bond motifs is 2. The summed E-state index contributed by atoms with van der Waals surface area (Å²) in [7, 11) is -3.79. The maximum atomic E-state index is 13.3. The first-order chi connectivity index (χ1) is 12.3. The van der Waals surface area contributed by atoms with Gasteiger partial charge in [0.1, 0.15) is 10.4 Å². The number of aryl methyl sites for hydroxylation is 2. The van der Waals surface area contributed by atoms with Gasteiger partial charge in [-0.05, 0) is 48.3 Å². The van der Waals surface area contributed by atoms with E-state index < -0.39 is 16.1 Å². The predicted molar refractivity (Wildman–Crippen MR) is 91.7 cm³/mol. The van der Waals surface area contributed by atoms with Gasteiger partial charge in [-0.15, -0.1) is 0 Å². The van der Waals surface area contributed by atoms with E-state index in [2.05, 4.69) is 15.4 Å². The zero-order valence-electron chi connectivity index (χ0n) is 14.7. The van der Waals surface area contributed by atoms with Crippen molar-refractivity contribution in [2.24, 2.45) is 0 Å². The van der Waals surface area contributed by atoms with Crippen LogP contribution >= 0.6 is 0 Å². The molecule has 0 amide bonds. The van der Waals surface area contributed by atoms with Gasteiger partial charge in [0.05, 0.1) is 30.6 Å². The molecule has 3 heterocycles. The quantitative estimate of drug-likeness (QED) is 0.731. The number of aromatic nitrogens is 4. The fourth-order valence-corrected chi connectivity index (χ4v) is 5.10. The van der Waals surface area contributed by atoms with E-state index in [1.54, 1.807) is 30.7 Å². The third-order valence-corrected chi connectivity index (χ3v) is 6.70. The van der Waals surface area contributed by atoms with Crippen LogP contribution in [0.3, 0.4) is 0 Å². The average molecular weight is 377 g/mol. The molecule has 9 nitrogen and oxygen atoms in total. The van der Waals surface area contributed by atoms with Crippen molar-refractivity contribution in [2.45, 2.75) is 44.9 Å². The van der Waals surface area contributed by atoms with Crippen LogP contribution in [0.5, 0.6) is 0 Å². The standard InChI is InChI=1S/C16H19N5O4S/c1-9-6-10(2)16(15-14(9)18-25-19-15)26(23,24)20-4-5-21-12(8-20)7-13(17-21)11(3)22/h6-7,11,22H,4-5,8H2,1-3H3/t11-/m0/s1. The predicted octanol–water partition coefficient (Wildman–Crippen LogP) is 1.29. The maximum absolute atomic E-state index is 13.3. The summed E-state index contributed by atoms with van der Waals surface area (Å²) in [4.78, 5) is 0.128. The van der Waals surface area contributed by atoms with E-state index >= 15 is 0 Å². The molecular formula is C16H19N5O4S. The molecule has 1 aromatic carbocycles. The van der Waals surface area contributed by atoms with Gasteiger partial charge in [-0.1, -0.05) is 6.07 Å². The number of sulfonamides is 1. The van der Waals surface area contributed by atoms with Crippen LogP contribution in [-0.4, -0.2) is 44.5 Å². The zero-order valence-corrected chi connectivity index (χ0v) is 15.5. The van der Waals surface area contributed by atoms with Crippen LogP contribution < -0.4 is 0 Å². The molecule has 3 aromatic rings. The van der Waals surface area contributed by atoms with E-state index in [0.29, 0.717) is 23.3 Å². The van der Waals surface area contributed by atoms with Crippen LogP contribution in [-0.2, 0) is 23.1 Å². The minimum Gasteiger partial charge on any atom is -0.387 e. The van der Waals surface area contributed by atoms with Gasteiger partial charge in [0.25, 0.3) is 0 Å². The summed E-state index contributed by atoms with van der Waals surface area (Å²) in [6.07, 6.45) is -0.696. The fourth-order valence-electron chi connectivity index (χ4n) is 3.37. The van der Waals surface area contributed by atoms with Crippen LogP contribution in [0.4, 0.5) is 0 Å². The topological polar surface area (TPSA) is 114 Å². The highest BCUT2D eigenvalue weighted by Crippen LogP contribution is 2.31. The zero-order chi connectivity index (χ0) is 18.6. The number of hydrogen-bond donors (Lipinski definition) is 1. The summed E-state index contributed by atoms with van der Waals surface area (Å²) in [6, 6.07) is 3.51. The molecule has 1 atom stereocenters. The molecule has 1 aliphatic rings. The second kappa shape index (κ2) is 5.86. The monoisotopic (exact) mass is 377 g/mol. The first kappa shape index (κ1) is 17.1. The van der Waals surface area contributed by atoms with Gasteiger partial charge in [0, 0.05) is 6.54 Å². The van der Waals surface area contributed by atoms with Gasteiger partial charge >= 0.3 is 0 Å². The molecule has 0 radical (unpaired) electrons. The van der Waals surface area contributed by atoms with Gasteiger partial charge < -0.3 is 5.11 Å². The van der Waals surface area contributed by atoms with Crippen molar-refractivity contribution in [1.29, 1.82) is 0 Å². The van der Waals surface area contributed by atoms with E-state index in [-0.39, 0.29) is 23.5 Å². The molecule has 2 aromatic heterocycles. The molecule has 0 spiro atoms. The van der Waals surface area contributed by atoms with Gasteiger partial charge in [-0.3, -0.25) is 4.68 Å². The summed E-state index contributed by atoms with van der Waals surface area (Å²) in [5.74, 6) is 0. The largest absolute Gasteiger partial charge is 0.387 e. The number of hydrogen-bond acceptors (Lipinski definition) is 7. The molecule has 0 aliphatic carbocycles. The molecule has 1 aliphatic heterocycles. The SMILES string of the molecule is Cc1cc(C)c2nonc2c1S(=O)(=O)N1CCn2nc([C@H](C)O)cc2C1. The van der Waals surface area contributed by atoms with Crippen LogP contribution in [0.1, 0.15) is 35.5 Å². The van der Waals surface area contributed by atoms with Crippen molar-refractivity contribution in [3.8, 4) is 0 Å². The lowest BCUT2D eigenvalue weighted by Crippen LogP contribution is -2.38. The second-order valence-corrected chi connectivity index (χ2v) is 8.47. The van der Waals surface area contributed by atoms with Crippen molar-refractivity contribution in [1.82, 2.24) is 24.4 Å². The number of nitrogens with zero attached hydrogens (tertiary/aromatic N) is 5. The Kier molecular flexibility index (Phi) is 3.86. The lowest BCUT2D eigenvalue weighted by Gasteiger charge is -2.27. The Morgan fingerprint density at radius 2 is 1.88 bits per heavy atom. The molecule has 10 heteroatoms. The molecule has 4 rings (SSSR count). The Bertz CT molecular complexity index is 1100. The fraction of sp³-hybridized carbons (Fsp3) is 0.438. The second-order valence-electron chi connectivity index (χ2n) is 6.60. The van der Waals surface area contributed by atoms with Crippen LogP contribution in [0.25, 0.3) is 11.0 Å². The Morgan fingerprint density at radius 1 is 1.15 bits per heavy atom. The van der Waals surface area contributed by atoms with Crippen LogP contribution in [0.15, 0.2) is 21.7 Å². The van der Waals surface area contributed by atoms with E-state index in [4.69, 9.17) is 4.63 Å². The first-order valence-corrected chi connectivity index (χ1v) is 9.70. The molecule has 0 saturated heterocycles. The Labute approximate surface area is 150 Å². The minimum absolute atomic E-state index is 0.128. The van der Waals surface area contributed by atoms with Gasteiger partial charge in [0.15, 0.2) is 5.52 Å². The van der Waals surface area contributed by atoms with E-state index in [9.17, 15) is 13.5 Å². The molecule has 0 unspecified atom stereocenters. The number of rotatable bonds is 3. The Morgan fingerprint density at radius 3 is 2.62 bits per heavy atom. The average Bonchev–Trinajstić information content (AvgIpc) is 3.20. The van der Waals surface area contributed by atoms with E-state index in [1.165, 1.54) is 4.31 Å². The molecule has 138 valence electrons. The van der Waals surface area contributed by atoms with Gasteiger partial charge in [0.2, 0.25) is 10.0 Å². The lowest BCUT2D eigenvalue weighted by atomic mass is 10.1. The minimum atomic E-state index is -3.79. The maximum Gasteiger partial charge on any atom is 0.246 e. The highest BCUT2D eigenvalue weighted by atomic mass is 32.2. The Balaban J connectivity index is 1.77. The van der Waals surface area contributed by atoms with E-state index in [1.807, 2.05) is 6.92 Å². The third-order valence-electron chi connectivity index (χ3n) is 4.68. The molecule has 0 saturated carbocycles. The van der Waals surface area contributed by atoms with Crippen molar-refractivity contribution in [3.63, 3.8) is 0 Å². The lowest BCUT2D eigenvalue weighted by molar-refractivity contribution is 0.192. The number of aliphatic hydroxyl groups excluding tert-OH is 1. The smallest absolute Gasteiger partial charge is 0.246 e. The van der Waals surface area contributed by atoms with Gasteiger partial charge in [-0.25, -0.2) is 13.0 Å². The number of benzene rings is 1. The first-order valence-electron chi connectivity index (χ1n) is 8.26. The van der Waals surface area contributed by atoms with E-state index in [0.717, 1.165) is 11.3 Å². The normalized spacial score (nSPS) is 16.8. The molecule has 0 fully saturated rings. The molecule has 26 heavy (non-hydrogen) atoms. The van der Waals surface area contributed by atoms with Crippen molar-refractivity contribution < 1.29 is 18.2 Å². The van der Waals surface area contributed by atoms with Crippen LogP contribution in [0, 0.1) is 13.8 Å². The van der Waals surface area contributed by atoms with Crippen molar-refractivity contribution in [3.05, 3.63) is 34.6 Å². The molecule has 1 N–H and O–H groups in total. The van der Waals surface area contributed by atoms with Crippen molar-refractivity contribution >= 4 is 21.1 Å². The molecular weight excluding hydrogens is 358 g/mol. The van der Waals surface area contributed by atoms with Crippen LogP contribution in [0.2, 0.25) is 0 Å². The summed E-state index contributed by atoms with van der Waals surface area (Å²) in [5.41, 5.74) is 3.41. The highest BCUT2D eigenvalue weighted by molar-refractivity contribution is 7.89. The molecule has 0 bridgehead atoms. The summed E-state index contributed by atoms with van der Waals surface area (Å²) < 4.78 is 34.6. The summed E-state index contributed by atoms with van der Waals surface area (Å²) in [6.45, 7) is 6.11. The third kappa shape index (κ3) is 2.52. The summed E-state index contributed by atoms with van der Waals surface area (Å²) in [5, 5.41) is 21.7. The number of aliphatic hydroxyl groups is 1. The Hall–Kier alpha value is -2.30.